The Labute approximate surface area is 148 Å². The molecule has 0 unspecified atom stereocenters. The molecule has 0 saturated carbocycles. The number of methoxy groups -OCH3 is 1. The molecule has 0 bridgehead atoms. The third kappa shape index (κ3) is 4.38. The highest BCUT2D eigenvalue weighted by Crippen LogP contribution is 2.22. The molecule has 0 fully saturated rings. The zero-order valence-electron chi connectivity index (χ0n) is 15.1. The maximum absolute atomic E-state index is 12.6. The fourth-order valence-electron chi connectivity index (χ4n) is 2.34. The first kappa shape index (κ1) is 18.5. The third-order valence-corrected chi connectivity index (χ3v) is 4.16. The van der Waals surface area contributed by atoms with Crippen LogP contribution in [0.2, 0.25) is 0 Å². The van der Waals surface area contributed by atoms with Crippen LogP contribution in [0.1, 0.15) is 25.0 Å². The maximum atomic E-state index is 12.6. The van der Waals surface area contributed by atoms with Crippen molar-refractivity contribution in [3.8, 4) is 5.75 Å². The van der Waals surface area contributed by atoms with E-state index in [0.29, 0.717) is 18.0 Å². The summed E-state index contributed by atoms with van der Waals surface area (Å²) in [5.41, 5.74) is 1.30. The highest BCUT2D eigenvalue weighted by molar-refractivity contribution is 6.10. The Morgan fingerprint density at radius 2 is 1.64 bits per heavy atom. The summed E-state index contributed by atoms with van der Waals surface area (Å²) in [7, 11) is 1.58. The van der Waals surface area contributed by atoms with Crippen LogP contribution in [0, 0.1) is 12.3 Å². The second kappa shape index (κ2) is 7.83. The average Bonchev–Trinajstić information content (AvgIpc) is 2.61. The monoisotopic (exact) mass is 340 g/mol. The number of para-hydroxylation sites is 2. The summed E-state index contributed by atoms with van der Waals surface area (Å²) in [5, 5.41) is 5.64. The minimum absolute atomic E-state index is 0.296. The van der Waals surface area contributed by atoms with Crippen LogP contribution in [-0.4, -0.2) is 18.9 Å². The van der Waals surface area contributed by atoms with Gasteiger partial charge in [-0.2, -0.15) is 0 Å². The van der Waals surface area contributed by atoms with E-state index in [1.54, 1.807) is 21.0 Å². The molecular weight excluding hydrogens is 316 g/mol. The van der Waals surface area contributed by atoms with Crippen molar-refractivity contribution in [2.75, 3.05) is 12.4 Å². The van der Waals surface area contributed by atoms with Crippen LogP contribution in [0.25, 0.3) is 0 Å². The van der Waals surface area contributed by atoms with Crippen molar-refractivity contribution in [1.82, 2.24) is 5.32 Å². The van der Waals surface area contributed by atoms with Gasteiger partial charge in [0.05, 0.1) is 7.11 Å². The number of carbonyl (C=O) groups excluding carboxylic acids is 2. The quantitative estimate of drug-likeness (QED) is 0.793. The molecule has 2 amide bonds. The van der Waals surface area contributed by atoms with Gasteiger partial charge in [-0.15, -0.1) is 0 Å². The van der Waals surface area contributed by atoms with Crippen molar-refractivity contribution in [3.63, 3.8) is 0 Å². The molecule has 0 saturated heterocycles. The lowest BCUT2D eigenvalue weighted by molar-refractivity contribution is -0.138. The summed E-state index contributed by atoms with van der Waals surface area (Å²) in [6, 6.07) is 14.9. The van der Waals surface area contributed by atoms with Gasteiger partial charge >= 0.3 is 0 Å². The average molecular weight is 340 g/mol. The summed E-state index contributed by atoms with van der Waals surface area (Å²) in [6.45, 7) is 5.42. The Morgan fingerprint density at radius 3 is 2.32 bits per heavy atom. The fourth-order valence-corrected chi connectivity index (χ4v) is 2.34. The first-order valence-corrected chi connectivity index (χ1v) is 8.13. The van der Waals surface area contributed by atoms with Gasteiger partial charge in [-0.05, 0) is 38.5 Å². The van der Waals surface area contributed by atoms with E-state index in [2.05, 4.69) is 10.6 Å². The second-order valence-electron chi connectivity index (χ2n) is 6.39. The molecule has 2 aromatic carbocycles. The van der Waals surface area contributed by atoms with Crippen LogP contribution in [0.15, 0.2) is 48.5 Å². The molecule has 0 aliphatic rings. The van der Waals surface area contributed by atoms with E-state index in [1.165, 1.54) is 0 Å². The number of hydrogen-bond donors (Lipinski definition) is 2. The molecule has 132 valence electrons. The molecule has 0 spiro atoms. The fraction of sp³-hybridized carbons (Fsp3) is 0.300. The van der Waals surface area contributed by atoms with Gasteiger partial charge < -0.3 is 15.4 Å². The third-order valence-electron chi connectivity index (χ3n) is 4.16. The SMILES string of the molecule is COc1ccccc1CNC(=O)C(C)(C)C(=O)Nc1ccccc1C. The van der Waals surface area contributed by atoms with Gasteiger partial charge in [-0.3, -0.25) is 9.59 Å². The number of anilines is 1. The lowest BCUT2D eigenvalue weighted by atomic mass is 9.90. The Hall–Kier alpha value is -2.82. The van der Waals surface area contributed by atoms with Crippen LogP contribution in [0.3, 0.4) is 0 Å². The Balaban J connectivity index is 2.04. The molecule has 0 aliphatic heterocycles. The smallest absolute Gasteiger partial charge is 0.239 e. The van der Waals surface area contributed by atoms with Crippen molar-refractivity contribution < 1.29 is 14.3 Å². The van der Waals surface area contributed by atoms with Crippen molar-refractivity contribution >= 4 is 17.5 Å². The van der Waals surface area contributed by atoms with Crippen molar-refractivity contribution in [2.24, 2.45) is 5.41 Å². The molecule has 0 aromatic heterocycles. The first-order chi connectivity index (χ1) is 11.9. The number of rotatable bonds is 6. The lowest BCUT2D eigenvalue weighted by Crippen LogP contribution is -2.45. The summed E-state index contributed by atoms with van der Waals surface area (Å²) < 4.78 is 5.27. The number of nitrogens with one attached hydrogen (secondary N) is 2. The normalized spacial score (nSPS) is 10.9. The molecule has 0 aliphatic carbocycles. The lowest BCUT2D eigenvalue weighted by Gasteiger charge is -2.23. The van der Waals surface area contributed by atoms with Crippen LogP contribution < -0.4 is 15.4 Å². The molecule has 5 nitrogen and oxygen atoms in total. The zero-order chi connectivity index (χ0) is 18.4. The number of benzene rings is 2. The number of amides is 2. The number of ether oxygens (including phenoxy) is 1. The molecule has 2 aromatic rings. The summed E-state index contributed by atoms with van der Waals surface area (Å²) >= 11 is 0. The second-order valence-corrected chi connectivity index (χ2v) is 6.39. The van der Waals surface area contributed by atoms with E-state index in [0.717, 1.165) is 11.1 Å². The zero-order valence-corrected chi connectivity index (χ0v) is 15.1. The van der Waals surface area contributed by atoms with Gasteiger partial charge in [0, 0.05) is 17.8 Å². The predicted octanol–water partition coefficient (Wildman–Crippen LogP) is 3.28. The molecule has 5 heteroatoms. The van der Waals surface area contributed by atoms with Gasteiger partial charge in [0.15, 0.2) is 0 Å². The van der Waals surface area contributed by atoms with Gasteiger partial charge in [0.25, 0.3) is 0 Å². The standard InChI is InChI=1S/C20H24N2O3/c1-14-9-5-7-11-16(14)22-19(24)20(2,3)18(23)21-13-15-10-6-8-12-17(15)25-4/h5-12H,13H2,1-4H3,(H,21,23)(H,22,24). The van der Waals surface area contributed by atoms with E-state index in [-0.39, 0.29) is 11.8 Å². The minimum atomic E-state index is -1.20. The summed E-state index contributed by atoms with van der Waals surface area (Å²) in [6.07, 6.45) is 0. The van der Waals surface area contributed by atoms with Crippen LogP contribution in [0.5, 0.6) is 5.75 Å². The number of hydrogen-bond acceptors (Lipinski definition) is 3. The molecule has 25 heavy (non-hydrogen) atoms. The molecule has 2 rings (SSSR count). The van der Waals surface area contributed by atoms with E-state index < -0.39 is 5.41 Å². The maximum Gasteiger partial charge on any atom is 0.239 e. The predicted molar refractivity (Wildman–Crippen MR) is 98.4 cm³/mol. The van der Waals surface area contributed by atoms with Crippen LogP contribution >= 0.6 is 0 Å². The van der Waals surface area contributed by atoms with Crippen molar-refractivity contribution in [2.45, 2.75) is 27.3 Å². The van der Waals surface area contributed by atoms with Crippen molar-refractivity contribution in [1.29, 1.82) is 0 Å². The van der Waals surface area contributed by atoms with E-state index in [9.17, 15) is 9.59 Å². The van der Waals surface area contributed by atoms with Crippen molar-refractivity contribution in [3.05, 3.63) is 59.7 Å². The van der Waals surface area contributed by atoms with Gasteiger partial charge in [-0.1, -0.05) is 36.4 Å². The molecule has 0 heterocycles. The minimum Gasteiger partial charge on any atom is -0.496 e. The van der Waals surface area contributed by atoms with E-state index in [4.69, 9.17) is 4.74 Å². The first-order valence-electron chi connectivity index (χ1n) is 8.13. The van der Waals surface area contributed by atoms with Crippen LogP contribution in [0.4, 0.5) is 5.69 Å². The Kier molecular flexibility index (Phi) is 5.80. The van der Waals surface area contributed by atoms with Crippen LogP contribution in [-0.2, 0) is 16.1 Å². The number of carbonyl (C=O) groups is 2. The van der Waals surface area contributed by atoms with Gasteiger partial charge in [0.1, 0.15) is 11.2 Å². The Morgan fingerprint density at radius 1 is 1.00 bits per heavy atom. The highest BCUT2D eigenvalue weighted by Gasteiger charge is 2.36. The van der Waals surface area contributed by atoms with E-state index in [1.807, 2.05) is 55.5 Å². The van der Waals surface area contributed by atoms with Gasteiger partial charge in [-0.25, -0.2) is 0 Å². The van der Waals surface area contributed by atoms with Gasteiger partial charge in [0.2, 0.25) is 11.8 Å². The Bertz CT molecular complexity index is 769. The van der Waals surface area contributed by atoms with E-state index >= 15 is 0 Å². The molecule has 0 atom stereocenters. The number of aryl methyl sites for hydroxylation is 1. The largest absolute Gasteiger partial charge is 0.496 e. The molecular formula is C20H24N2O3. The molecule has 2 N–H and O–H groups in total. The summed E-state index contributed by atoms with van der Waals surface area (Å²) in [4.78, 5) is 25.1. The topological polar surface area (TPSA) is 67.4 Å². The highest BCUT2D eigenvalue weighted by atomic mass is 16.5. The summed E-state index contributed by atoms with van der Waals surface area (Å²) in [5.74, 6) is 0.00813. The molecule has 0 radical (unpaired) electrons.